The molecule has 1 aromatic carbocycles. The van der Waals surface area contributed by atoms with Crippen molar-refractivity contribution in [1.82, 2.24) is 9.78 Å². The molecule has 20 heavy (non-hydrogen) atoms. The summed E-state index contributed by atoms with van der Waals surface area (Å²) in [6.07, 6.45) is 4.81. The predicted octanol–water partition coefficient (Wildman–Crippen LogP) is 4.50. The van der Waals surface area contributed by atoms with Gasteiger partial charge >= 0.3 is 0 Å². The monoisotopic (exact) mass is 283 g/mol. The Morgan fingerprint density at radius 3 is 2.80 bits per heavy atom. The van der Waals surface area contributed by atoms with Crippen molar-refractivity contribution in [2.45, 2.75) is 19.4 Å². The number of hydrogen-bond acceptors (Lipinski definition) is 3. The fourth-order valence-electron chi connectivity index (χ4n) is 2.26. The lowest BCUT2D eigenvalue weighted by Gasteiger charge is -2.19. The van der Waals surface area contributed by atoms with E-state index in [1.165, 1.54) is 4.88 Å². The van der Waals surface area contributed by atoms with Crippen LogP contribution in [-0.2, 0) is 0 Å². The van der Waals surface area contributed by atoms with E-state index in [-0.39, 0.29) is 0 Å². The number of nitrogens with zero attached hydrogens (tertiary/aromatic N) is 2. The Morgan fingerprint density at radius 1 is 1.20 bits per heavy atom. The van der Waals surface area contributed by atoms with Gasteiger partial charge in [-0.15, -0.1) is 11.3 Å². The van der Waals surface area contributed by atoms with Crippen LogP contribution < -0.4 is 5.32 Å². The lowest BCUT2D eigenvalue weighted by atomic mass is 10.1. The predicted molar refractivity (Wildman–Crippen MR) is 84.5 cm³/mol. The molecule has 2 heterocycles. The van der Waals surface area contributed by atoms with E-state index in [9.17, 15) is 0 Å². The van der Waals surface area contributed by atoms with Crippen molar-refractivity contribution in [3.8, 4) is 5.69 Å². The molecule has 0 bridgehead atoms. The van der Waals surface area contributed by atoms with Crippen molar-refractivity contribution < 1.29 is 0 Å². The summed E-state index contributed by atoms with van der Waals surface area (Å²) in [7, 11) is 0. The molecule has 0 saturated heterocycles. The maximum atomic E-state index is 4.32. The molecule has 0 radical (unpaired) electrons. The molecule has 1 N–H and O–H groups in total. The number of thiophene rings is 1. The Balaban J connectivity index is 1.91. The highest BCUT2D eigenvalue weighted by Gasteiger charge is 2.12. The maximum Gasteiger partial charge on any atom is 0.0877 e. The van der Waals surface area contributed by atoms with E-state index < -0.39 is 0 Å². The van der Waals surface area contributed by atoms with Crippen LogP contribution in [-0.4, -0.2) is 9.78 Å². The summed E-state index contributed by atoms with van der Waals surface area (Å²) in [5.41, 5.74) is 2.18. The number of anilines is 1. The van der Waals surface area contributed by atoms with E-state index >= 15 is 0 Å². The van der Waals surface area contributed by atoms with Crippen molar-refractivity contribution in [2.24, 2.45) is 0 Å². The molecule has 4 heteroatoms. The molecule has 102 valence electrons. The van der Waals surface area contributed by atoms with Crippen LogP contribution >= 0.6 is 11.3 Å². The van der Waals surface area contributed by atoms with E-state index in [1.807, 2.05) is 23.0 Å². The van der Waals surface area contributed by atoms with Crippen LogP contribution in [0.2, 0.25) is 0 Å². The first kappa shape index (κ1) is 12.9. The van der Waals surface area contributed by atoms with Gasteiger partial charge in [0.1, 0.15) is 0 Å². The highest BCUT2D eigenvalue weighted by atomic mass is 32.1. The quantitative estimate of drug-likeness (QED) is 0.747. The van der Waals surface area contributed by atoms with Crippen molar-refractivity contribution >= 4 is 17.0 Å². The second-order valence-electron chi connectivity index (χ2n) is 4.59. The number of rotatable bonds is 5. The van der Waals surface area contributed by atoms with Gasteiger partial charge in [-0.1, -0.05) is 25.1 Å². The van der Waals surface area contributed by atoms with E-state index in [0.29, 0.717) is 6.04 Å². The molecule has 0 aliphatic carbocycles. The summed E-state index contributed by atoms with van der Waals surface area (Å²) in [6.45, 7) is 2.20. The minimum atomic E-state index is 0.340. The Morgan fingerprint density at radius 2 is 2.10 bits per heavy atom. The topological polar surface area (TPSA) is 29.9 Å². The third-order valence-corrected chi connectivity index (χ3v) is 4.27. The standard InChI is InChI=1S/C16H17N3S/c1-2-13(16-9-5-12-20-16)18-14-7-3-4-8-15(14)19-11-6-10-17-19/h3-13,18H,2H2,1H3. The first-order valence-electron chi connectivity index (χ1n) is 6.77. The van der Waals surface area contributed by atoms with E-state index in [4.69, 9.17) is 0 Å². The van der Waals surface area contributed by atoms with Gasteiger partial charge in [0.15, 0.2) is 0 Å². The number of benzene rings is 1. The molecule has 0 fully saturated rings. The molecule has 0 saturated carbocycles. The highest BCUT2D eigenvalue weighted by molar-refractivity contribution is 7.10. The number of nitrogens with one attached hydrogen (secondary N) is 1. The van der Waals surface area contributed by atoms with E-state index in [0.717, 1.165) is 17.8 Å². The van der Waals surface area contributed by atoms with Crippen molar-refractivity contribution in [3.63, 3.8) is 0 Å². The summed E-state index contributed by atoms with van der Waals surface area (Å²) in [5, 5.41) is 10.1. The summed E-state index contributed by atoms with van der Waals surface area (Å²) >= 11 is 1.79. The molecular formula is C16H17N3S. The summed E-state index contributed by atoms with van der Waals surface area (Å²) < 4.78 is 1.89. The van der Waals surface area contributed by atoms with Gasteiger partial charge in [0.2, 0.25) is 0 Å². The molecule has 1 atom stereocenters. The fraction of sp³-hybridized carbons (Fsp3) is 0.188. The average Bonchev–Trinajstić information content (AvgIpc) is 3.18. The van der Waals surface area contributed by atoms with Crippen LogP contribution in [0.15, 0.2) is 60.2 Å². The van der Waals surface area contributed by atoms with Gasteiger partial charge < -0.3 is 5.32 Å². The molecule has 0 aliphatic heterocycles. The minimum absolute atomic E-state index is 0.340. The van der Waals surface area contributed by atoms with Gasteiger partial charge in [0.25, 0.3) is 0 Å². The number of hydrogen-bond donors (Lipinski definition) is 1. The van der Waals surface area contributed by atoms with Crippen LogP contribution in [0.3, 0.4) is 0 Å². The van der Waals surface area contributed by atoms with Crippen molar-refractivity contribution in [1.29, 1.82) is 0 Å². The molecule has 0 aliphatic rings. The Hall–Kier alpha value is -2.07. The molecule has 0 amide bonds. The van der Waals surface area contributed by atoms with E-state index in [2.05, 4.69) is 53.1 Å². The first-order valence-corrected chi connectivity index (χ1v) is 7.65. The van der Waals surface area contributed by atoms with Crippen LogP contribution in [0.25, 0.3) is 5.69 Å². The third kappa shape index (κ3) is 2.60. The molecule has 3 aromatic rings. The van der Waals surface area contributed by atoms with Crippen LogP contribution in [0.4, 0.5) is 5.69 Å². The van der Waals surface area contributed by atoms with Crippen LogP contribution in [0, 0.1) is 0 Å². The smallest absolute Gasteiger partial charge is 0.0877 e. The molecule has 3 rings (SSSR count). The summed E-state index contributed by atoms with van der Waals surface area (Å²) in [5.74, 6) is 0. The summed E-state index contributed by atoms with van der Waals surface area (Å²) in [4.78, 5) is 1.36. The molecule has 0 spiro atoms. The van der Waals surface area contributed by atoms with Gasteiger partial charge in [0, 0.05) is 17.3 Å². The second kappa shape index (κ2) is 5.92. The fourth-order valence-corrected chi connectivity index (χ4v) is 3.12. The molecule has 2 aromatic heterocycles. The third-order valence-electron chi connectivity index (χ3n) is 3.28. The Labute approximate surface area is 122 Å². The zero-order chi connectivity index (χ0) is 13.8. The number of para-hydroxylation sites is 2. The van der Waals surface area contributed by atoms with Gasteiger partial charge in [-0.25, -0.2) is 4.68 Å². The zero-order valence-electron chi connectivity index (χ0n) is 11.4. The van der Waals surface area contributed by atoms with Gasteiger partial charge in [-0.05, 0) is 36.1 Å². The van der Waals surface area contributed by atoms with E-state index in [1.54, 1.807) is 17.5 Å². The highest BCUT2D eigenvalue weighted by Crippen LogP contribution is 2.29. The summed E-state index contributed by atoms with van der Waals surface area (Å²) in [6, 6.07) is 14.8. The SMILES string of the molecule is CCC(Nc1ccccc1-n1cccn1)c1cccs1. The van der Waals surface area contributed by atoms with Gasteiger partial charge in [0.05, 0.1) is 17.4 Å². The molecule has 1 unspecified atom stereocenters. The molecule has 3 nitrogen and oxygen atoms in total. The Kier molecular flexibility index (Phi) is 3.83. The lowest BCUT2D eigenvalue weighted by Crippen LogP contribution is -2.10. The first-order chi connectivity index (χ1) is 9.88. The lowest BCUT2D eigenvalue weighted by molar-refractivity contribution is 0.760. The van der Waals surface area contributed by atoms with Crippen molar-refractivity contribution in [3.05, 3.63) is 65.1 Å². The average molecular weight is 283 g/mol. The minimum Gasteiger partial charge on any atom is -0.376 e. The normalized spacial score (nSPS) is 12.2. The van der Waals surface area contributed by atoms with Gasteiger partial charge in [-0.3, -0.25) is 0 Å². The maximum absolute atomic E-state index is 4.32. The molecular weight excluding hydrogens is 266 g/mol. The van der Waals surface area contributed by atoms with Crippen molar-refractivity contribution in [2.75, 3.05) is 5.32 Å². The number of aromatic nitrogens is 2. The largest absolute Gasteiger partial charge is 0.376 e. The van der Waals surface area contributed by atoms with Crippen LogP contribution in [0.5, 0.6) is 0 Å². The zero-order valence-corrected chi connectivity index (χ0v) is 12.2. The second-order valence-corrected chi connectivity index (χ2v) is 5.57. The Bertz CT molecular complexity index is 644. The van der Waals surface area contributed by atoms with Crippen LogP contribution in [0.1, 0.15) is 24.3 Å². The van der Waals surface area contributed by atoms with Gasteiger partial charge in [-0.2, -0.15) is 5.10 Å².